The number of hydrogen-bond acceptors (Lipinski definition) is 1. The van der Waals surface area contributed by atoms with Gasteiger partial charge >= 0.3 is 0 Å². The van der Waals surface area contributed by atoms with Crippen LogP contribution in [0.2, 0.25) is 0 Å². The van der Waals surface area contributed by atoms with Crippen molar-refractivity contribution in [3.63, 3.8) is 0 Å². The molecule has 0 radical (unpaired) electrons. The fourth-order valence-electron chi connectivity index (χ4n) is 2.88. The highest BCUT2D eigenvalue weighted by Gasteiger charge is 2.37. The van der Waals surface area contributed by atoms with Gasteiger partial charge in [0.15, 0.2) is 0 Å². The van der Waals surface area contributed by atoms with Crippen molar-refractivity contribution in [2.75, 3.05) is 0 Å². The van der Waals surface area contributed by atoms with Crippen LogP contribution in [-0.2, 0) is 4.79 Å². The fraction of sp³-hybridized carbons (Fsp3) is 0.900. The van der Waals surface area contributed by atoms with E-state index in [1.54, 1.807) is 6.92 Å². The van der Waals surface area contributed by atoms with Gasteiger partial charge in [-0.25, -0.2) is 0 Å². The molecule has 0 aromatic heterocycles. The van der Waals surface area contributed by atoms with Crippen molar-refractivity contribution in [3.8, 4) is 0 Å². The fourth-order valence-corrected chi connectivity index (χ4v) is 2.88. The molecule has 3 aliphatic rings. The molecule has 0 heterocycles. The van der Waals surface area contributed by atoms with Gasteiger partial charge in [0.25, 0.3) is 0 Å². The molecule has 0 amide bonds. The summed E-state index contributed by atoms with van der Waals surface area (Å²) < 4.78 is 0. The monoisotopic (exact) mass is 152 g/mol. The van der Waals surface area contributed by atoms with E-state index < -0.39 is 0 Å². The van der Waals surface area contributed by atoms with Crippen molar-refractivity contribution in [2.45, 2.75) is 39.0 Å². The van der Waals surface area contributed by atoms with E-state index in [0.717, 1.165) is 11.8 Å². The number of Topliss-reactive ketones (excluding diaryl/α,β-unsaturated/α-hetero) is 1. The van der Waals surface area contributed by atoms with Gasteiger partial charge in [0.05, 0.1) is 0 Å². The summed E-state index contributed by atoms with van der Waals surface area (Å²) in [5.41, 5.74) is 0. The molecule has 0 aromatic carbocycles. The highest BCUT2D eigenvalue weighted by molar-refractivity contribution is 5.78. The van der Waals surface area contributed by atoms with Crippen LogP contribution in [0, 0.1) is 17.8 Å². The average Bonchev–Trinajstić information content (AvgIpc) is 2.06. The number of carbonyl (C=O) groups excluding carboxylic acids is 1. The molecule has 1 atom stereocenters. The lowest BCUT2D eigenvalue weighted by molar-refractivity contribution is -0.125. The maximum atomic E-state index is 11.2. The molecule has 0 spiro atoms. The van der Waals surface area contributed by atoms with E-state index in [1.165, 1.54) is 32.1 Å². The van der Waals surface area contributed by atoms with Crippen LogP contribution in [0.25, 0.3) is 0 Å². The number of rotatable bonds is 1. The van der Waals surface area contributed by atoms with Crippen LogP contribution in [0.1, 0.15) is 39.0 Å². The summed E-state index contributed by atoms with van der Waals surface area (Å²) in [7, 11) is 0. The molecular weight excluding hydrogens is 136 g/mol. The molecule has 3 aliphatic carbocycles. The van der Waals surface area contributed by atoms with Crippen molar-refractivity contribution >= 4 is 5.78 Å². The third kappa shape index (κ3) is 1.21. The van der Waals surface area contributed by atoms with Gasteiger partial charge in [0.2, 0.25) is 0 Å². The Balaban J connectivity index is 2.08. The topological polar surface area (TPSA) is 17.1 Å². The number of hydrogen-bond donors (Lipinski definition) is 0. The lowest BCUT2D eigenvalue weighted by Crippen LogP contribution is -2.34. The quantitative estimate of drug-likeness (QED) is 0.564. The molecule has 0 aromatic rings. The predicted molar refractivity (Wildman–Crippen MR) is 44.2 cm³/mol. The first-order valence-corrected chi connectivity index (χ1v) is 4.78. The smallest absolute Gasteiger partial charge is 0.133 e. The van der Waals surface area contributed by atoms with Crippen molar-refractivity contribution in [3.05, 3.63) is 0 Å². The molecule has 0 N–H and O–H groups in total. The second-order valence-electron chi connectivity index (χ2n) is 4.23. The zero-order valence-corrected chi connectivity index (χ0v) is 7.18. The molecule has 0 saturated heterocycles. The van der Waals surface area contributed by atoms with Gasteiger partial charge in [0.1, 0.15) is 5.78 Å². The Kier molecular flexibility index (Phi) is 1.74. The Labute approximate surface area is 68.2 Å². The van der Waals surface area contributed by atoms with E-state index in [1.807, 2.05) is 0 Å². The van der Waals surface area contributed by atoms with Gasteiger partial charge in [-0.1, -0.05) is 12.8 Å². The number of ketones is 1. The molecule has 62 valence electrons. The predicted octanol–water partition coefficient (Wildman–Crippen LogP) is 2.40. The standard InChI is InChI=1S/C10H16O/c1-7(11)10-6-8-2-4-9(10)5-3-8/h8-10H,2-6H2,1H3/t8?,9?,10-/m0/s1. The maximum Gasteiger partial charge on any atom is 0.133 e. The summed E-state index contributed by atoms with van der Waals surface area (Å²) in [5.74, 6) is 2.55. The first kappa shape index (κ1) is 7.33. The van der Waals surface area contributed by atoms with Gasteiger partial charge in [-0.15, -0.1) is 0 Å². The van der Waals surface area contributed by atoms with Crippen molar-refractivity contribution < 1.29 is 4.79 Å². The zero-order chi connectivity index (χ0) is 7.84. The van der Waals surface area contributed by atoms with Crippen LogP contribution >= 0.6 is 0 Å². The van der Waals surface area contributed by atoms with E-state index in [-0.39, 0.29) is 0 Å². The maximum absolute atomic E-state index is 11.2. The van der Waals surface area contributed by atoms with Gasteiger partial charge in [-0.05, 0) is 38.0 Å². The Morgan fingerprint density at radius 2 is 1.82 bits per heavy atom. The van der Waals surface area contributed by atoms with Crippen LogP contribution < -0.4 is 0 Å². The van der Waals surface area contributed by atoms with Crippen LogP contribution in [0.3, 0.4) is 0 Å². The summed E-state index contributed by atoms with van der Waals surface area (Å²) in [6.45, 7) is 1.77. The Morgan fingerprint density at radius 3 is 2.09 bits per heavy atom. The second-order valence-corrected chi connectivity index (χ2v) is 4.23. The summed E-state index contributed by atoms with van der Waals surface area (Å²) in [5, 5.41) is 0. The third-order valence-corrected chi connectivity index (χ3v) is 3.57. The van der Waals surface area contributed by atoms with E-state index in [9.17, 15) is 4.79 Å². The summed E-state index contributed by atoms with van der Waals surface area (Å²) >= 11 is 0. The molecule has 1 nitrogen and oxygen atoms in total. The summed E-state index contributed by atoms with van der Waals surface area (Å²) in [6, 6.07) is 0. The van der Waals surface area contributed by atoms with Crippen LogP contribution in [0.5, 0.6) is 0 Å². The Bertz CT molecular complexity index is 166. The molecule has 2 bridgehead atoms. The van der Waals surface area contributed by atoms with Gasteiger partial charge < -0.3 is 0 Å². The molecule has 1 heteroatoms. The molecule has 3 saturated carbocycles. The normalized spacial score (nSPS) is 42.5. The number of carbonyl (C=O) groups is 1. The minimum atomic E-state index is 0.444. The lowest BCUT2D eigenvalue weighted by Gasteiger charge is -2.41. The summed E-state index contributed by atoms with van der Waals surface area (Å²) in [6.07, 6.45) is 6.66. The van der Waals surface area contributed by atoms with Crippen LogP contribution in [0.4, 0.5) is 0 Å². The molecule has 3 fully saturated rings. The molecule has 0 aliphatic heterocycles. The first-order chi connectivity index (χ1) is 5.27. The van der Waals surface area contributed by atoms with E-state index in [0.29, 0.717) is 11.7 Å². The second kappa shape index (κ2) is 2.62. The molecular formula is C10H16O. The van der Waals surface area contributed by atoms with Crippen molar-refractivity contribution in [2.24, 2.45) is 17.8 Å². The number of fused-ring (bicyclic) bond motifs is 3. The Morgan fingerprint density at radius 1 is 1.18 bits per heavy atom. The Hall–Kier alpha value is -0.330. The van der Waals surface area contributed by atoms with E-state index in [4.69, 9.17) is 0 Å². The van der Waals surface area contributed by atoms with E-state index in [2.05, 4.69) is 0 Å². The minimum Gasteiger partial charge on any atom is -0.300 e. The highest BCUT2D eigenvalue weighted by Crippen LogP contribution is 2.45. The first-order valence-electron chi connectivity index (χ1n) is 4.78. The van der Waals surface area contributed by atoms with Gasteiger partial charge in [-0.2, -0.15) is 0 Å². The molecule has 0 unspecified atom stereocenters. The lowest BCUT2D eigenvalue weighted by atomic mass is 9.64. The minimum absolute atomic E-state index is 0.444. The highest BCUT2D eigenvalue weighted by atomic mass is 16.1. The van der Waals surface area contributed by atoms with Crippen LogP contribution in [0.15, 0.2) is 0 Å². The largest absolute Gasteiger partial charge is 0.300 e. The van der Waals surface area contributed by atoms with Gasteiger partial charge in [-0.3, -0.25) is 4.79 Å². The average molecular weight is 152 g/mol. The summed E-state index contributed by atoms with van der Waals surface area (Å²) in [4.78, 5) is 11.2. The third-order valence-electron chi connectivity index (χ3n) is 3.57. The molecule has 3 rings (SSSR count). The SMILES string of the molecule is CC(=O)[C@@H]1CC2CCC1CC2. The molecule has 11 heavy (non-hydrogen) atoms. The van der Waals surface area contributed by atoms with Crippen molar-refractivity contribution in [1.29, 1.82) is 0 Å². The van der Waals surface area contributed by atoms with Gasteiger partial charge in [0, 0.05) is 5.92 Å². The van der Waals surface area contributed by atoms with E-state index >= 15 is 0 Å². The van der Waals surface area contributed by atoms with Crippen LogP contribution in [-0.4, -0.2) is 5.78 Å². The van der Waals surface area contributed by atoms with Crippen molar-refractivity contribution in [1.82, 2.24) is 0 Å². The zero-order valence-electron chi connectivity index (χ0n) is 7.18.